The Hall–Kier alpha value is -2.34. The van der Waals surface area contributed by atoms with E-state index >= 15 is 0 Å². The number of carbonyl (C=O) groups is 1. The fourth-order valence-corrected chi connectivity index (χ4v) is 2.91. The summed E-state index contributed by atoms with van der Waals surface area (Å²) in [5, 5.41) is 13.8. The van der Waals surface area contributed by atoms with Gasteiger partial charge >= 0.3 is 0 Å². The lowest BCUT2D eigenvalue weighted by molar-refractivity contribution is -0.384. The molecule has 0 fully saturated rings. The van der Waals surface area contributed by atoms with Crippen LogP contribution in [0.5, 0.6) is 0 Å². The second kappa shape index (κ2) is 7.78. The van der Waals surface area contributed by atoms with E-state index in [0.29, 0.717) is 5.69 Å². The van der Waals surface area contributed by atoms with Crippen LogP contribution in [0.2, 0.25) is 0 Å². The first-order valence-corrected chi connectivity index (χ1v) is 8.30. The van der Waals surface area contributed by atoms with Gasteiger partial charge in [-0.15, -0.1) is 11.8 Å². The van der Waals surface area contributed by atoms with Gasteiger partial charge in [0.2, 0.25) is 5.91 Å². The Morgan fingerprint density at radius 2 is 1.87 bits per heavy atom. The maximum Gasteiger partial charge on any atom is 0.293 e. The lowest BCUT2D eigenvalue weighted by atomic mass is 10.1. The Kier molecular flexibility index (Phi) is 5.76. The molecule has 6 heteroatoms. The molecule has 2 rings (SSSR count). The Labute approximate surface area is 139 Å². The van der Waals surface area contributed by atoms with E-state index in [1.165, 1.54) is 17.8 Å². The van der Waals surface area contributed by atoms with E-state index in [2.05, 4.69) is 5.32 Å². The molecule has 0 radical (unpaired) electrons. The first-order valence-electron chi connectivity index (χ1n) is 7.15. The zero-order valence-corrected chi connectivity index (χ0v) is 13.9. The number of hydrogen-bond donors (Lipinski definition) is 1. The molecule has 0 aliphatic heterocycles. The predicted molar refractivity (Wildman–Crippen MR) is 93.8 cm³/mol. The molecule has 1 amide bonds. The fraction of sp³-hybridized carbons (Fsp3) is 0.235. The lowest BCUT2D eigenvalue weighted by Crippen LogP contribution is -2.16. The van der Waals surface area contributed by atoms with Gasteiger partial charge in [0.05, 0.1) is 10.7 Å². The number of hydrogen-bond acceptors (Lipinski definition) is 4. The maximum atomic E-state index is 12.1. The smallest absolute Gasteiger partial charge is 0.293 e. The minimum Gasteiger partial charge on any atom is -0.319 e. The largest absolute Gasteiger partial charge is 0.319 e. The van der Waals surface area contributed by atoms with Crippen LogP contribution in [-0.4, -0.2) is 16.6 Å². The van der Waals surface area contributed by atoms with Crippen molar-refractivity contribution >= 4 is 29.0 Å². The second-order valence-electron chi connectivity index (χ2n) is 5.19. The van der Waals surface area contributed by atoms with Crippen LogP contribution in [-0.2, 0) is 10.5 Å². The molecule has 0 aliphatic rings. The minimum atomic E-state index is -0.473. The van der Waals surface area contributed by atoms with Gasteiger partial charge in [0.1, 0.15) is 5.69 Å². The summed E-state index contributed by atoms with van der Waals surface area (Å²) in [7, 11) is 0. The molecule has 0 unspecified atom stereocenters. The van der Waals surface area contributed by atoms with E-state index in [9.17, 15) is 14.9 Å². The van der Waals surface area contributed by atoms with Crippen molar-refractivity contribution in [2.75, 3.05) is 11.1 Å². The van der Waals surface area contributed by atoms with Crippen LogP contribution in [0.25, 0.3) is 0 Å². The summed E-state index contributed by atoms with van der Waals surface area (Å²) in [6.07, 6.45) is 0. The standard InChI is InChI=1S/C17H18N2O3S/c1-12-8-9-15(19(21)22)17(13(12)2)18-16(20)11-23-10-14-6-4-3-5-7-14/h3-9H,10-11H2,1-2H3,(H,18,20). The predicted octanol–water partition coefficient (Wildman–Crippen LogP) is 4.08. The quantitative estimate of drug-likeness (QED) is 0.640. The normalized spacial score (nSPS) is 10.3. The Balaban J connectivity index is 2.00. The van der Waals surface area contributed by atoms with Gasteiger partial charge in [-0.1, -0.05) is 36.4 Å². The van der Waals surface area contributed by atoms with E-state index in [1.807, 2.05) is 37.3 Å². The van der Waals surface area contributed by atoms with E-state index in [0.717, 1.165) is 22.4 Å². The van der Waals surface area contributed by atoms with Crippen molar-refractivity contribution in [1.82, 2.24) is 0 Å². The number of nitro benzene ring substituents is 1. The highest BCUT2D eigenvalue weighted by Gasteiger charge is 2.19. The van der Waals surface area contributed by atoms with Gasteiger partial charge in [-0.2, -0.15) is 0 Å². The molecule has 0 spiro atoms. The van der Waals surface area contributed by atoms with Gasteiger partial charge in [-0.3, -0.25) is 14.9 Å². The van der Waals surface area contributed by atoms with Gasteiger partial charge in [-0.05, 0) is 30.5 Å². The summed E-state index contributed by atoms with van der Waals surface area (Å²) in [6, 6.07) is 13.0. The van der Waals surface area contributed by atoms with Gasteiger partial charge in [0, 0.05) is 11.8 Å². The molecule has 2 aromatic carbocycles. The third-order valence-electron chi connectivity index (χ3n) is 3.52. The summed E-state index contributed by atoms with van der Waals surface area (Å²) >= 11 is 1.48. The Morgan fingerprint density at radius 1 is 1.17 bits per heavy atom. The van der Waals surface area contributed by atoms with Crippen molar-refractivity contribution in [3.8, 4) is 0 Å². The molecular weight excluding hydrogens is 312 g/mol. The third kappa shape index (κ3) is 4.56. The lowest BCUT2D eigenvalue weighted by Gasteiger charge is -2.11. The molecule has 23 heavy (non-hydrogen) atoms. The SMILES string of the molecule is Cc1ccc([N+](=O)[O-])c(NC(=O)CSCc2ccccc2)c1C. The number of rotatable bonds is 6. The first kappa shape index (κ1) is 17.0. The highest BCUT2D eigenvalue weighted by Crippen LogP contribution is 2.30. The number of amides is 1. The van der Waals surface area contributed by atoms with E-state index in [1.54, 1.807) is 13.0 Å². The molecule has 0 saturated heterocycles. The van der Waals surface area contributed by atoms with Crippen LogP contribution in [0.1, 0.15) is 16.7 Å². The molecule has 0 aromatic heterocycles. The number of anilines is 1. The van der Waals surface area contributed by atoms with Gasteiger partial charge in [0.15, 0.2) is 0 Å². The summed E-state index contributed by atoms with van der Waals surface area (Å²) in [5.41, 5.74) is 2.99. The number of thioether (sulfide) groups is 1. The zero-order valence-electron chi connectivity index (χ0n) is 13.0. The van der Waals surface area contributed by atoms with E-state index in [4.69, 9.17) is 0 Å². The van der Waals surface area contributed by atoms with E-state index in [-0.39, 0.29) is 17.3 Å². The van der Waals surface area contributed by atoms with Crippen LogP contribution in [0.4, 0.5) is 11.4 Å². The number of carbonyl (C=O) groups excluding carboxylic acids is 1. The fourth-order valence-electron chi connectivity index (χ4n) is 2.12. The molecule has 0 saturated carbocycles. The van der Waals surface area contributed by atoms with Crippen molar-refractivity contribution in [3.63, 3.8) is 0 Å². The molecule has 2 aromatic rings. The van der Waals surface area contributed by atoms with Crippen molar-refractivity contribution in [3.05, 3.63) is 69.3 Å². The topological polar surface area (TPSA) is 72.2 Å². The van der Waals surface area contributed by atoms with Crippen molar-refractivity contribution in [2.24, 2.45) is 0 Å². The maximum absolute atomic E-state index is 12.1. The zero-order chi connectivity index (χ0) is 16.8. The summed E-state index contributed by atoms with van der Waals surface area (Å²) in [6.45, 7) is 3.63. The van der Waals surface area contributed by atoms with Crippen molar-refractivity contribution in [1.29, 1.82) is 0 Å². The summed E-state index contributed by atoms with van der Waals surface area (Å²) in [4.78, 5) is 22.7. The molecule has 5 nitrogen and oxygen atoms in total. The van der Waals surface area contributed by atoms with Gasteiger partial charge in [-0.25, -0.2) is 0 Å². The summed E-state index contributed by atoms with van der Waals surface area (Å²) < 4.78 is 0. The average Bonchev–Trinajstić information content (AvgIpc) is 2.52. The Bertz CT molecular complexity index is 717. The molecule has 0 heterocycles. The highest BCUT2D eigenvalue weighted by atomic mass is 32.2. The molecule has 0 bridgehead atoms. The molecule has 0 aliphatic carbocycles. The van der Waals surface area contributed by atoms with Crippen molar-refractivity contribution < 1.29 is 9.72 Å². The number of nitrogens with one attached hydrogen (secondary N) is 1. The van der Waals surface area contributed by atoms with Crippen LogP contribution in [0.3, 0.4) is 0 Å². The van der Waals surface area contributed by atoms with Crippen LogP contribution in [0, 0.1) is 24.0 Å². The average molecular weight is 330 g/mol. The van der Waals surface area contributed by atoms with Gasteiger partial charge < -0.3 is 5.32 Å². The summed E-state index contributed by atoms with van der Waals surface area (Å²) in [5.74, 6) is 0.741. The minimum absolute atomic E-state index is 0.0745. The van der Waals surface area contributed by atoms with Crippen LogP contribution < -0.4 is 5.32 Å². The molecule has 1 N–H and O–H groups in total. The molecular formula is C17H18N2O3S. The van der Waals surface area contributed by atoms with Crippen LogP contribution in [0.15, 0.2) is 42.5 Å². The van der Waals surface area contributed by atoms with E-state index < -0.39 is 4.92 Å². The second-order valence-corrected chi connectivity index (χ2v) is 6.17. The van der Waals surface area contributed by atoms with Crippen molar-refractivity contribution in [2.45, 2.75) is 19.6 Å². The Morgan fingerprint density at radius 3 is 2.52 bits per heavy atom. The van der Waals surface area contributed by atoms with Gasteiger partial charge in [0.25, 0.3) is 5.69 Å². The molecule has 0 atom stereocenters. The van der Waals surface area contributed by atoms with Crippen LogP contribution >= 0.6 is 11.8 Å². The molecule has 120 valence electrons. The number of aryl methyl sites for hydroxylation is 1. The highest BCUT2D eigenvalue weighted by molar-refractivity contribution is 7.99. The first-order chi connectivity index (χ1) is 11.0. The monoisotopic (exact) mass is 330 g/mol. The third-order valence-corrected chi connectivity index (χ3v) is 4.52. The number of benzene rings is 2. The number of nitrogens with zero attached hydrogens (tertiary/aromatic N) is 1. The number of nitro groups is 1.